The van der Waals surface area contributed by atoms with Gasteiger partial charge in [0.25, 0.3) is 0 Å². The Hall–Kier alpha value is -2.61. The Morgan fingerprint density at radius 2 is 1.97 bits per heavy atom. The van der Waals surface area contributed by atoms with Crippen LogP contribution in [0.15, 0.2) is 35.6 Å². The third-order valence-electron chi connectivity index (χ3n) is 5.36. The molecule has 1 aliphatic rings. The van der Waals surface area contributed by atoms with Crippen LogP contribution in [0.5, 0.6) is 5.75 Å². The number of hydrogen-bond donors (Lipinski definition) is 2. The normalized spacial score (nSPS) is 16.0. The lowest BCUT2D eigenvalue weighted by Crippen LogP contribution is -2.42. The second-order valence-corrected chi connectivity index (χ2v) is 7.44. The van der Waals surface area contributed by atoms with E-state index in [1.807, 2.05) is 19.2 Å². The highest BCUT2D eigenvalue weighted by atomic mass is 16.5. The van der Waals surface area contributed by atoms with E-state index >= 15 is 0 Å². The van der Waals surface area contributed by atoms with Crippen LogP contribution in [0.2, 0.25) is 0 Å². The minimum Gasteiger partial charge on any atom is -0.497 e. The molecule has 8 heteroatoms. The van der Waals surface area contributed by atoms with E-state index in [-0.39, 0.29) is 0 Å². The van der Waals surface area contributed by atoms with Gasteiger partial charge in [-0.25, -0.2) is 9.98 Å². The first-order chi connectivity index (χ1) is 14.2. The molecule has 158 valence electrons. The average molecular weight is 400 g/mol. The van der Waals surface area contributed by atoms with Gasteiger partial charge in [0.05, 0.1) is 7.11 Å². The molecule has 0 aliphatic carbocycles. The van der Waals surface area contributed by atoms with Crippen molar-refractivity contribution in [3.8, 4) is 5.75 Å². The molecule has 0 amide bonds. The maximum absolute atomic E-state index is 5.24. The number of hydrogen-bond acceptors (Lipinski definition) is 5. The number of aryl methyl sites for hydroxylation is 1. The maximum atomic E-state index is 5.24. The van der Waals surface area contributed by atoms with Crippen molar-refractivity contribution in [1.29, 1.82) is 0 Å². The smallest absolute Gasteiger partial charge is 0.191 e. The number of rotatable bonds is 8. The van der Waals surface area contributed by atoms with Crippen LogP contribution in [0, 0.1) is 5.92 Å². The molecule has 1 saturated heterocycles. The van der Waals surface area contributed by atoms with Gasteiger partial charge in [-0.15, -0.1) is 0 Å². The predicted octanol–water partition coefficient (Wildman–Crippen LogP) is 1.79. The van der Waals surface area contributed by atoms with Crippen molar-refractivity contribution in [2.45, 2.75) is 32.9 Å². The van der Waals surface area contributed by atoms with Gasteiger partial charge in [-0.1, -0.05) is 12.1 Å². The van der Waals surface area contributed by atoms with Gasteiger partial charge in [0, 0.05) is 26.7 Å². The van der Waals surface area contributed by atoms with Gasteiger partial charge in [0.15, 0.2) is 5.96 Å². The van der Waals surface area contributed by atoms with E-state index in [2.05, 4.69) is 49.7 Å². The first-order valence-electron chi connectivity index (χ1n) is 10.4. The Kier molecular flexibility index (Phi) is 7.86. The fourth-order valence-electron chi connectivity index (χ4n) is 3.53. The number of benzene rings is 1. The molecule has 3 rings (SSSR count). The van der Waals surface area contributed by atoms with E-state index in [1.54, 1.807) is 18.1 Å². The monoisotopic (exact) mass is 399 g/mol. The van der Waals surface area contributed by atoms with E-state index in [4.69, 9.17) is 4.74 Å². The zero-order chi connectivity index (χ0) is 20.5. The summed E-state index contributed by atoms with van der Waals surface area (Å²) in [6, 6.07) is 8.38. The van der Waals surface area contributed by atoms with Gasteiger partial charge in [-0.3, -0.25) is 9.58 Å². The van der Waals surface area contributed by atoms with Crippen LogP contribution >= 0.6 is 0 Å². The van der Waals surface area contributed by atoms with Crippen molar-refractivity contribution < 1.29 is 4.74 Å². The molecule has 1 aromatic heterocycles. The molecule has 0 saturated carbocycles. The van der Waals surface area contributed by atoms with Crippen LogP contribution in [0.4, 0.5) is 0 Å². The SMILES string of the molecule is CCNC(=NCc1ncnn1C)NCC1CCN(Cc2ccc(OC)cc2)CC1. The standard InChI is InChI=1S/C21H33N7O/c1-4-22-21(24-14-20-25-16-26-27(20)2)23-13-17-9-11-28(12-10-17)15-18-5-7-19(29-3)8-6-18/h5-8,16-17H,4,9-15H2,1-3H3,(H2,22,23,24). The van der Waals surface area contributed by atoms with Crippen molar-refractivity contribution in [2.24, 2.45) is 18.0 Å². The summed E-state index contributed by atoms with van der Waals surface area (Å²) < 4.78 is 6.99. The third kappa shape index (κ3) is 6.45. The molecule has 2 aromatic rings. The number of piperidine rings is 1. The van der Waals surface area contributed by atoms with Crippen LogP contribution in [-0.2, 0) is 20.1 Å². The Labute approximate surface area is 173 Å². The lowest BCUT2D eigenvalue weighted by Gasteiger charge is -2.32. The summed E-state index contributed by atoms with van der Waals surface area (Å²) >= 11 is 0. The summed E-state index contributed by atoms with van der Waals surface area (Å²) in [6.45, 7) is 7.65. The molecule has 1 fully saturated rings. The number of nitrogens with one attached hydrogen (secondary N) is 2. The van der Waals surface area contributed by atoms with Crippen molar-refractivity contribution in [3.05, 3.63) is 42.0 Å². The van der Waals surface area contributed by atoms with E-state index in [0.29, 0.717) is 12.5 Å². The van der Waals surface area contributed by atoms with Crippen LogP contribution in [0.3, 0.4) is 0 Å². The quantitative estimate of drug-likeness (QED) is 0.520. The first kappa shape index (κ1) is 21.1. The molecule has 2 heterocycles. The second kappa shape index (κ2) is 10.8. The number of nitrogens with zero attached hydrogens (tertiary/aromatic N) is 5. The Bertz CT molecular complexity index is 764. The summed E-state index contributed by atoms with van der Waals surface area (Å²) in [6.07, 6.45) is 3.96. The zero-order valence-electron chi connectivity index (χ0n) is 17.8. The van der Waals surface area contributed by atoms with Crippen molar-refractivity contribution >= 4 is 5.96 Å². The molecule has 29 heavy (non-hydrogen) atoms. The van der Waals surface area contributed by atoms with Crippen LogP contribution in [0.25, 0.3) is 0 Å². The van der Waals surface area contributed by atoms with Gasteiger partial charge in [0.1, 0.15) is 24.4 Å². The highest BCUT2D eigenvalue weighted by Gasteiger charge is 2.19. The molecule has 0 bridgehead atoms. The number of aliphatic imine (C=N–C) groups is 1. The molecule has 1 aromatic carbocycles. The number of guanidine groups is 1. The van der Waals surface area contributed by atoms with E-state index in [1.165, 1.54) is 18.4 Å². The van der Waals surface area contributed by atoms with Crippen molar-refractivity contribution in [1.82, 2.24) is 30.3 Å². The summed E-state index contributed by atoms with van der Waals surface area (Å²) in [7, 11) is 3.59. The highest BCUT2D eigenvalue weighted by Crippen LogP contribution is 2.19. The molecule has 0 unspecified atom stereocenters. The van der Waals surface area contributed by atoms with Gasteiger partial charge in [0.2, 0.25) is 0 Å². The van der Waals surface area contributed by atoms with Gasteiger partial charge >= 0.3 is 0 Å². The average Bonchev–Trinajstić information content (AvgIpc) is 3.16. The minimum absolute atomic E-state index is 0.520. The Morgan fingerprint density at radius 3 is 2.59 bits per heavy atom. The van der Waals surface area contributed by atoms with Gasteiger partial charge in [-0.2, -0.15) is 5.10 Å². The van der Waals surface area contributed by atoms with E-state index in [9.17, 15) is 0 Å². The Balaban J connectivity index is 1.42. The van der Waals surface area contributed by atoms with Gasteiger partial charge in [-0.05, 0) is 56.5 Å². The first-order valence-corrected chi connectivity index (χ1v) is 10.4. The maximum Gasteiger partial charge on any atom is 0.191 e. The summed E-state index contributed by atoms with van der Waals surface area (Å²) in [5.74, 6) is 3.28. The third-order valence-corrected chi connectivity index (χ3v) is 5.36. The summed E-state index contributed by atoms with van der Waals surface area (Å²) in [5, 5.41) is 10.9. The van der Waals surface area contributed by atoms with Crippen molar-refractivity contribution in [3.63, 3.8) is 0 Å². The fraction of sp³-hybridized carbons (Fsp3) is 0.571. The fourth-order valence-corrected chi connectivity index (χ4v) is 3.53. The van der Waals surface area contributed by atoms with Crippen LogP contribution in [-0.4, -0.2) is 58.9 Å². The molecule has 8 nitrogen and oxygen atoms in total. The summed E-state index contributed by atoms with van der Waals surface area (Å²) in [5.41, 5.74) is 1.34. The van der Waals surface area contributed by atoms with E-state index < -0.39 is 0 Å². The zero-order valence-corrected chi connectivity index (χ0v) is 17.8. The van der Waals surface area contributed by atoms with Crippen molar-refractivity contribution in [2.75, 3.05) is 33.3 Å². The van der Waals surface area contributed by atoms with Crippen LogP contribution < -0.4 is 15.4 Å². The lowest BCUT2D eigenvalue weighted by atomic mass is 9.96. The van der Waals surface area contributed by atoms with E-state index in [0.717, 1.165) is 50.3 Å². The number of likely N-dealkylation sites (tertiary alicyclic amines) is 1. The van der Waals surface area contributed by atoms with Gasteiger partial charge < -0.3 is 15.4 Å². The molecule has 0 spiro atoms. The molecule has 2 N–H and O–H groups in total. The lowest BCUT2D eigenvalue weighted by molar-refractivity contribution is 0.178. The largest absolute Gasteiger partial charge is 0.497 e. The highest BCUT2D eigenvalue weighted by molar-refractivity contribution is 5.79. The molecular weight excluding hydrogens is 366 g/mol. The molecule has 0 radical (unpaired) electrons. The molecular formula is C21H33N7O. The second-order valence-electron chi connectivity index (χ2n) is 7.44. The predicted molar refractivity (Wildman–Crippen MR) is 115 cm³/mol. The Morgan fingerprint density at radius 1 is 1.21 bits per heavy atom. The minimum atomic E-state index is 0.520. The topological polar surface area (TPSA) is 79.6 Å². The molecule has 1 aliphatic heterocycles. The number of aromatic nitrogens is 3. The number of ether oxygens (including phenoxy) is 1. The summed E-state index contributed by atoms with van der Waals surface area (Å²) in [4.78, 5) is 11.4. The number of methoxy groups -OCH3 is 1. The molecule has 0 atom stereocenters. The van der Waals surface area contributed by atoms with Crippen LogP contribution in [0.1, 0.15) is 31.2 Å².